The number of nitrogens with zero attached hydrogens (tertiary/aromatic N) is 3. The van der Waals surface area contributed by atoms with Crippen molar-refractivity contribution in [2.45, 2.75) is 51.6 Å². The van der Waals surface area contributed by atoms with E-state index in [1.54, 1.807) is 13.8 Å². The molecule has 1 atom stereocenters. The molecular formula is C34H37N7O. The first kappa shape index (κ1) is 27.5. The molecule has 0 saturated carbocycles. The number of nitrogens with one attached hydrogen (secondary N) is 3. The van der Waals surface area contributed by atoms with Gasteiger partial charge in [-0.3, -0.25) is 4.79 Å². The fraction of sp³-hybridized carbons (Fsp3) is 0.265. The number of carbonyl (C=O) groups excluding carboxylic acids is 1. The molecule has 3 aromatic heterocycles. The molecule has 8 nitrogen and oxygen atoms in total. The van der Waals surface area contributed by atoms with Gasteiger partial charge >= 0.3 is 0 Å². The Labute approximate surface area is 245 Å². The Morgan fingerprint density at radius 3 is 2.31 bits per heavy atom. The lowest BCUT2D eigenvalue weighted by Gasteiger charge is -2.23. The summed E-state index contributed by atoms with van der Waals surface area (Å²) in [6.07, 6.45) is 5.66. The lowest BCUT2D eigenvalue weighted by Crippen LogP contribution is -2.50. The van der Waals surface area contributed by atoms with Crippen molar-refractivity contribution < 1.29 is 4.79 Å². The van der Waals surface area contributed by atoms with Crippen LogP contribution in [0.25, 0.3) is 21.8 Å². The van der Waals surface area contributed by atoms with Gasteiger partial charge in [0.1, 0.15) is 11.6 Å². The summed E-state index contributed by atoms with van der Waals surface area (Å²) in [4.78, 5) is 19.7. The maximum Gasteiger partial charge on any atom is 0.239 e. The van der Waals surface area contributed by atoms with E-state index >= 15 is 0 Å². The van der Waals surface area contributed by atoms with Gasteiger partial charge in [0.2, 0.25) is 5.91 Å². The van der Waals surface area contributed by atoms with E-state index in [-0.39, 0.29) is 11.8 Å². The highest BCUT2D eigenvalue weighted by molar-refractivity contribution is 5.86. The number of aromatic amines is 2. The second kappa shape index (κ2) is 11.3. The molecule has 8 heteroatoms. The normalized spacial score (nSPS) is 12.7. The molecule has 0 aliphatic heterocycles. The van der Waals surface area contributed by atoms with Crippen LogP contribution in [0, 0.1) is 6.92 Å². The Morgan fingerprint density at radius 2 is 1.57 bits per heavy atom. The van der Waals surface area contributed by atoms with Crippen molar-refractivity contribution in [3.63, 3.8) is 0 Å². The number of aryl methyl sites for hydroxylation is 3. The maximum atomic E-state index is 12.9. The Hall–Kier alpha value is -4.69. The van der Waals surface area contributed by atoms with Crippen LogP contribution in [0.4, 0.5) is 0 Å². The average molecular weight is 560 g/mol. The number of fused-ring (bicyclic) bond motifs is 2. The first-order chi connectivity index (χ1) is 20.3. The summed E-state index contributed by atoms with van der Waals surface area (Å²) in [7, 11) is 0. The van der Waals surface area contributed by atoms with Crippen molar-refractivity contribution in [2.75, 3.05) is 6.54 Å². The Morgan fingerprint density at radius 1 is 0.905 bits per heavy atom. The van der Waals surface area contributed by atoms with Crippen molar-refractivity contribution >= 4 is 27.7 Å². The van der Waals surface area contributed by atoms with Gasteiger partial charge in [0.05, 0.1) is 18.0 Å². The lowest BCUT2D eigenvalue weighted by atomic mass is 9.96. The average Bonchev–Trinajstić information content (AvgIpc) is 3.70. The third-order valence-electron chi connectivity index (χ3n) is 7.97. The monoisotopic (exact) mass is 559 g/mol. The van der Waals surface area contributed by atoms with Crippen molar-refractivity contribution in [2.24, 2.45) is 5.73 Å². The van der Waals surface area contributed by atoms with Crippen LogP contribution >= 0.6 is 0 Å². The van der Waals surface area contributed by atoms with Crippen LogP contribution in [0.2, 0.25) is 0 Å². The Bertz CT molecular complexity index is 1840. The van der Waals surface area contributed by atoms with Crippen LogP contribution in [-0.2, 0) is 24.2 Å². The number of benzene rings is 3. The fourth-order valence-corrected chi connectivity index (χ4v) is 5.57. The molecule has 0 bridgehead atoms. The summed E-state index contributed by atoms with van der Waals surface area (Å²) in [5, 5.41) is 15.0. The molecule has 1 amide bonds. The molecule has 0 spiro atoms. The summed E-state index contributed by atoms with van der Waals surface area (Å²) >= 11 is 0. The van der Waals surface area contributed by atoms with E-state index in [0.29, 0.717) is 13.1 Å². The molecule has 6 aromatic rings. The number of rotatable bonds is 10. The molecular weight excluding hydrogens is 522 g/mol. The fourth-order valence-electron chi connectivity index (χ4n) is 5.57. The van der Waals surface area contributed by atoms with Crippen molar-refractivity contribution in [3.05, 3.63) is 119 Å². The highest BCUT2D eigenvalue weighted by atomic mass is 16.2. The quantitative estimate of drug-likeness (QED) is 0.181. The molecule has 5 N–H and O–H groups in total. The molecule has 0 radical (unpaired) electrons. The zero-order valence-electron chi connectivity index (χ0n) is 24.3. The SMILES string of the molecule is Cc1ccc(Cn2c(CCc3c[nH]c4ccccc34)nnc2C(CNC(=O)C(C)(C)N)c2c[nH]c3ccccc23)cc1. The molecule has 0 saturated heterocycles. The van der Waals surface area contributed by atoms with Crippen molar-refractivity contribution in [1.29, 1.82) is 0 Å². The highest BCUT2D eigenvalue weighted by Crippen LogP contribution is 2.31. The number of aromatic nitrogens is 5. The smallest absolute Gasteiger partial charge is 0.239 e. The Balaban J connectivity index is 1.41. The number of carbonyl (C=O) groups is 1. The number of para-hydroxylation sites is 2. The first-order valence-corrected chi connectivity index (χ1v) is 14.4. The standard InChI is InChI=1S/C34H37N7O/c1-22-12-14-23(15-13-22)21-41-31(17-16-24-18-36-29-10-6-4-8-25(24)29)39-40-32(41)28(20-38-33(42)34(2,3)35)27-19-37-30-11-7-5-9-26(27)30/h4-15,18-19,28,36-37H,16-17,20-21,35H2,1-3H3,(H,38,42). The van der Waals surface area contributed by atoms with E-state index in [9.17, 15) is 4.79 Å². The predicted octanol–water partition coefficient (Wildman–Crippen LogP) is 5.37. The summed E-state index contributed by atoms with van der Waals surface area (Å²) in [5.41, 5.74) is 12.0. The maximum absolute atomic E-state index is 12.9. The van der Waals surface area contributed by atoms with Gasteiger partial charge in [-0.1, -0.05) is 66.2 Å². The number of hydrogen-bond acceptors (Lipinski definition) is 4. The van der Waals surface area contributed by atoms with Crippen LogP contribution in [0.1, 0.15) is 53.7 Å². The van der Waals surface area contributed by atoms with E-state index in [4.69, 9.17) is 15.9 Å². The van der Waals surface area contributed by atoms with E-state index in [0.717, 1.165) is 46.5 Å². The second-order valence-corrected chi connectivity index (χ2v) is 11.7. The minimum Gasteiger partial charge on any atom is -0.361 e. The van der Waals surface area contributed by atoms with Crippen molar-refractivity contribution in [1.82, 2.24) is 30.0 Å². The van der Waals surface area contributed by atoms with Gasteiger partial charge in [-0.2, -0.15) is 0 Å². The third-order valence-corrected chi connectivity index (χ3v) is 7.97. The molecule has 42 heavy (non-hydrogen) atoms. The molecule has 3 heterocycles. The molecule has 0 fully saturated rings. The third kappa shape index (κ3) is 5.58. The van der Waals surface area contributed by atoms with Gasteiger partial charge in [-0.15, -0.1) is 10.2 Å². The summed E-state index contributed by atoms with van der Waals surface area (Å²) in [6.45, 7) is 6.49. The topological polar surface area (TPSA) is 117 Å². The van der Waals surface area contributed by atoms with E-state index in [1.165, 1.54) is 22.1 Å². The summed E-state index contributed by atoms with van der Waals surface area (Å²) in [5.74, 6) is 1.26. The van der Waals surface area contributed by atoms with E-state index < -0.39 is 5.54 Å². The number of hydrogen-bond donors (Lipinski definition) is 4. The molecule has 0 aliphatic rings. The van der Waals surface area contributed by atoms with Gasteiger partial charge in [-0.05, 0) is 56.0 Å². The number of nitrogens with two attached hydrogens (primary N) is 1. The van der Waals surface area contributed by atoms with E-state index in [1.807, 2.05) is 24.4 Å². The molecule has 214 valence electrons. The van der Waals surface area contributed by atoms with Crippen molar-refractivity contribution in [3.8, 4) is 0 Å². The second-order valence-electron chi connectivity index (χ2n) is 11.7. The van der Waals surface area contributed by atoms with Gasteiger partial charge in [-0.25, -0.2) is 0 Å². The molecule has 0 aliphatic carbocycles. The summed E-state index contributed by atoms with van der Waals surface area (Å²) in [6, 6.07) is 25.1. The minimum atomic E-state index is -0.995. The predicted molar refractivity (Wildman–Crippen MR) is 167 cm³/mol. The molecule has 6 rings (SSSR count). The van der Waals surface area contributed by atoms with Crippen LogP contribution in [0.5, 0.6) is 0 Å². The van der Waals surface area contributed by atoms with Crippen LogP contribution < -0.4 is 11.1 Å². The highest BCUT2D eigenvalue weighted by Gasteiger charge is 2.29. The Kier molecular flexibility index (Phi) is 7.39. The van der Waals surface area contributed by atoms with Gasteiger partial charge < -0.3 is 25.6 Å². The minimum absolute atomic E-state index is 0.212. The largest absolute Gasteiger partial charge is 0.361 e. The van der Waals surface area contributed by atoms with Crippen LogP contribution in [-0.4, -0.2) is 42.7 Å². The van der Waals surface area contributed by atoms with Crippen LogP contribution in [0.15, 0.2) is 85.2 Å². The zero-order chi connectivity index (χ0) is 29.3. The summed E-state index contributed by atoms with van der Waals surface area (Å²) < 4.78 is 2.23. The number of amides is 1. The van der Waals surface area contributed by atoms with Gasteiger partial charge in [0, 0.05) is 47.2 Å². The lowest BCUT2D eigenvalue weighted by molar-refractivity contribution is -0.125. The number of H-pyrrole nitrogens is 2. The van der Waals surface area contributed by atoms with Crippen LogP contribution in [0.3, 0.4) is 0 Å². The first-order valence-electron chi connectivity index (χ1n) is 14.4. The molecule has 3 aromatic carbocycles. The van der Waals surface area contributed by atoms with E-state index in [2.05, 4.69) is 87.6 Å². The van der Waals surface area contributed by atoms with Gasteiger partial charge in [0.25, 0.3) is 0 Å². The zero-order valence-corrected chi connectivity index (χ0v) is 24.3. The van der Waals surface area contributed by atoms with Gasteiger partial charge in [0.15, 0.2) is 0 Å². The molecule has 1 unspecified atom stereocenters.